The number of thiophene rings is 1. The molecule has 0 aliphatic heterocycles. The standard InChI is InChI=1S/C14H12ClN3S/c15-14-11-5-1-2-6-12(11)19-13(14)9-16-8-10-4-3-7-17-18-10/h1-7,16H,8-9H2. The number of nitrogens with zero attached hydrogens (tertiary/aromatic N) is 2. The van der Waals surface area contributed by atoms with Crippen LogP contribution < -0.4 is 5.32 Å². The third kappa shape index (κ3) is 2.76. The van der Waals surface area contributed by atoms with Crippen molar-refractivity contribution >= 4 is 33.0 Å². The molecule has 2 heterocycles. The molecular weight excluding hydrogens is 278 g/mol. The van der Waals surface area contributed by atoms with Crippen molar-refractivity contribution in [1.29, 1.82) is 0 Å². The van der Waals surface area contributed by atoms with Crippen LogP contribution in [0.1, 0.15) is 10.6 Å². The summed E-state index contributed by atoms with van der Waals surface area (Å²) >= 11 is 8.11. The molecule has 0 fully saturated rings. The highest BCUT2D eigenvalue weighted by atomic mass is 35.5. The van der Waals surface area contributed by atoms with Gasteiger partial charge in [0.15, 0.2) is 0 Å². The Labute approximate surface area is 120 Å². The van der Waals surface area contributed by atoms with Gasteiger partial charge in [-0.25, -0.2) is 0 Å². The fourth-order valence-electron chi connectivity index (χ4n) is 1.91. The third-order valence-electron chi connectivity index (χ3n) is 2.82. The second kappa shape index (κ2) is 5.65. The Morgan fingerprint density at radius 3 is 2.79 bits per heavy atom. The molecule has 0 spiro atoms. The SMILES string of the molecule is Clc1c(CNCc2cccnn2)sc2ccccc12. The average Bonchev–Trinajstić information content (AvgIpc) is 2.78. The molecule has 2 aromatic heterocycles. The average molecular weight is 290 g/mol. The molecule has 0 aliphatic rings. The van der Waals surface area contributed by atoms with Crippen LogP contribution in [0, 0.1) is 0 Å². The van der Waals surface area contributed by atoms with Gasteiger partial charge in [0, 0.05) is 34.2 Å². The molecule has 19 heavy (non-hydrogen) atoms. The number of hydrogen-bond acceptors (Lipinski definition) is 4. The summed E-state index contributed by atoms with van der Waals surface area (Å²) in [5, 5.41) is 13.2. The Morgan fingerprint density at radius 1 is 1.11 bits per heavy atom. The van der Waals surface area contributed by atoms with Crippen LogP contribution in [0.4, 0.5) is 0 Å². The van der Waals surface area contributed by atoms with Crippen molar-refractivity contribution in [2.75, 3.05) is 0 Å². The van der Waals surface area contributed by atoms with Crippen LogP contribution in [0.5, 0.6) is 0 Å². The zero-order valence-corrected chi connectivity index (χ0v) is 11.7. The Balaban J connectivity index is 1.70. The van der Waals surface area contributed by atoms with Gasteiger partial charge in [0.2, 0.25) is 0 Å². The summed E-state index contributed by atoms with van der Waals surface area (Å²) in [4.78, 5) is 1.16. The van der Waals surface area contributed by atoms with E-state index in [1.807, 2.05) is 24.3 Å². The van der Waals surface area contributed by atoms with Gasteiger partial charge in [-0.2, -0.15) is 10.2 Å². The Bertz CT molecular complexity index is 681. The van der Waals surface area contributed by atoms with E-state index in [0.29, 0.717) is 6.54 Å². The van der Waals surface area contributed by atoms with Gasteiger partial charge in [-0.05, 0) is 18.2 Å². The molecule has 0 atom stereocenters. The van der Waals surface area contributed by atoms with E-state index < -0.39 is 0 Å². The molecule has 96 valence electrons. The first-order valence-corrected chi connectivity index (χ1v) is 7.17. The van der Waals surface area contributed by atoms with Crippen LogP contribution in [0.15, 0.2) is 42.6 Å². The monoisotopic (exact) mass is 289 g/mol. The van der Waals surface area contributed by atoms with Gasteiger partial charge in [-0.1, -0.05) is 29.8 Å². The summed E-state index contributed by atoms with van der Waals surface area (Å²) in [6, 6.07) is 12.0. The maximum atomic E-state index is 6.38. The fourth-order valence-corrected chi connectivity index (χ4v) is 3.38. The predicted octanol–water partition coefficient (Wildman–Crippen LogP) is 3.63. The molecule has 0 saturated carbocycles. The van der Waals surface area contributed by atoms with E-state index in [1.165, 1.54) is 4.70 Å². The second-order valence-corrected chi connectivity index (χ2v) is 5.67. The molecule has 0 radical (unpaired) electrons. The van der Waals surface area contributed by atoms with Gasteiger partial charge in [-0.15, -0.1) is 11.3 Å². The molecule has 0 amide bonds. The van der Waals surface area contributed by atoms with E-state index in [1.54, 1.807) is 17.5 Å². The smallest absolute Gasteiger partial charge is 0.0769 e. The number of aromatic nitrogens is 2. The number of fused-ring (bicyclic) bond motifs is 1. The van der Waals surface area contributed by atoms with Gasteiger partial charge in [0.25, 0.3) is 0 Å². The van der Waals surface area contributed by atoms with Gasteiger partial charge >= 0.3 is 0 Å². The van der Waals surface area contributed by atoms with E-state index in [9.17, 15) is 0 Å². The molecule has 1 aromatic carbocycles. The lowest BCUT2D eigenvalue weighted by Gasteiger charge is -2.02. The van der Waals surface area contributed by atoms with Crippen LogP contribution in [0.3, 0.4) is 0 Å². The van der Waals surface area contributed by atoms with Crippen LogP contribution in [0.25, 0.3) is 10.1 Å². The van der Waals surface area contributed by atoms with E-state index in [0.717, 1.165) is 27.5 Å². The number of rotatable bonds is 4. The van der Waals surface area contributed by atoms with Crippen molar-refractivity contribution in [2.24, 2.45) is 0 Å². The topological polar surface area (TPSA) is 37.8 Å². The molecule has 0 unspecified atom stereocenters. The first-order valence-electron chi connectivity index (χ1n) is 5.98. The molecule has 0 saturated heterocycles. The third-order valence-corrected chi connectivity index (χ3v) is 4.54. The van der Waals surface area contributed by atoms with Gasteiger partial charge in [0.05, 0.1) is 10.7 Å². The summed E-state index contributed by atoms with van der Waals surface area (Å²) < 4.78 is 1.23. The number of nitrogens with one attached hydrogen (secondary N) is 1. The molecule has 1 N–H and O–H groups in total. The van der Waals surface area contributed by atoms with Crippen molar-refractivity contribution in [3.8, 4) is 0 Å². The molecule has 3 nitrogen and oxygen atoms in total. The maximum Gasteiger partial charge on any atom is 0.0769 e. The van der Waals surface area contributed by atoms with E-state index in [2.05, 4.69) is 27.6 Å². The summed E-state index contributed by atoms with van der Waals surface area (Å²) in [6.45, 7) is 1.44. The van der Waals surface area contributed by atoms with Gasteiger partial charge in [0.1, 0.15) is 0 Å². The normalized spacial score (nSPS) is 11.0. The lowest BCUT2D eigenvalue weighted by molar-refractivity contribution is 0.676. The minimum Gasteiger partial charge on any atom is -0.306 e. The molecule has 5 heteroatoms. The highest BCUT2D eigenvalue weighted by Gasteiger charge is 2.09. The number of benzene rings is 1. The van der Waals surface area contributed by atoms with Crippen molar-refractivity contribution in [1.82, 2.24) is 15.5 Å². The van der Waals surface area contributed by atoms with Crippen molar-refractivity contribution in [3.05, 3.63) is 58.2 Å². The highest BCUT2D eigenvalue weighted by Crippen LogP contribution is 2.34. The second-order valence-electron chi connectivity index (χ2n) is 4.15. The Morgan fingerprint density at radius 2 is 2.00 bits per heavy atom. The molecule has 0 aliphatic carbocycles. The lowest BCUT2D eigenvalue weighted by Crippen LogP contribution is -2.13. The van der Waals surface area contributed by atoms with E-state index >= 15 is 0 Å². The number of halogens is 1. The molecule has 3 rings (SSSR count). The van der Waals surface area contributed by atoms with Crippen LogP contribution in [0.2, 0.25) is 5.02 Å². The summed E-state index contributed by atoms with van der Waals surface area (Å²) in [5.74, 6) is 0. The van der Waals surface area contributed by atoms with Crippen molar-refractivity contribution < 1.29 is 0 Å². The number of hydrogen-bond donors (Lipinski definition) is 1. The van der Waals surface area contributed by atoms with Crippen LogP contribution >= 0.6 is 22.9 Å². The zero-order valence-electron chi connectivity index (χ0n) is 10.1. The van der Waals surface area contributed by atoms with E-state index in [-0.39, 0.29) is 0 Å². The summed E-state index contributed by atoms with van der Waals surface area (Å²) in [6.07, 6.45) is 1.67. The molecular formula is C14H12ClN3S. The zero-order chi connectivity index (χ0) is 13.1. The van der Waals surface area contributed by atoms with Crippen LogP contribution in [-0.4, -0.2) is 10.2 Å². The Kier molecular flexibility index (Phi) is 3.73. The first kappa shape index (κ1) is 12.5. The quantitative estimate of drug-likeness (QED) is 0.797. The minimum atomic E-state index is 0.693. The fraction of sp³-hybridized carbons (Fsp3) is 0.143. The summed E-state index contributed by atoms with van der Waals surface area (Å²) in [5.41, 5.74) is 0.930. The van der Waals surface area contributed by atoms with Gasteiger partial charge < -0.3 is 5.32 Å². The predicted molar refractivity (Wildman–Crippen MR) is 79.4 cm³/mol. The largest absolute Gasteiger partial charge is 0.306 e. The maximum absolute atomic E-state index is 6.38. The molecule has 3 aromatic rings. The first-order chi connectivity index (χ1) is 9.34. The van der Waals surface area contributed by atoms with Crippen LogP contribution in [-0.2, 0) is 13.1 Å². The lowest BCUT2D eigenvalue weighted by atomic mass is 10.2. The molecule has 0 bridgehead atoms. The van der Waals surface area contributed by atoms with Crippen molar-refractivity contribution in [3.63, 3.8) is 0 Å². The van der Waals surface area contributed by atoms with Crippen molar-refractivity contribution in [2.45, 2.75) is 13.1 Å². The van der Waals surface area contributed by atoms with Gasteiger partial charge in [-0.3, -0.25) is 0 Å². The summed E-state index contributed by atoms with van der Waals surface area (Å²) in [7, 11) is 0. The Hall–Kier alpha value is -1.49. The minimum absolute atomic E-state index is 0.693. The highest BCUT2D eigenvalue weighted by molar-refractivity contribution is 7.19. The van der Waals surface area contributed by atoms with E-state index in [4.69, 9.17) is 11.6 Å².